The Balaban J connectivity index is 2.38. The highest BCUT2D eigenvalue weighted by Crippen LogP contribution is 2.50. The molecular weight excluding hydrogens is 235 g/mol. The zero-order valence-corrected chi connectivity index (χ0v) is 10.5. The third-order valence-electron chi connectivity index (χ3n) is 3.55. The SMILES string of the molecule is COc1cccc(C(C2CC2)C(C)(F)C(=O)O)c1. The van der Waals surface area contributed by atoms with Gasteiger partial charge in [-0.25, -0.2) is 9.18 Å². The molecule has 4 heteroatoms. The topological polar surface area (TPSA) is 46.5 Å². The highest BCUT2D eigenvalue weighted by atomic mass is 19.1. The van der Waals surface area contributed by atoms with Crippen LogP contribution in [0.2, 0.25) is 0 Å². The van der Waals surface area contributed by atoms with E-state index in [-0.39, 0.29) is 5.92 Å². The van der Waals surface area contributed by atoms with Crippen LogP contribution in [0.1, 0.15) is 31.2 Å². The molecule has 2 unspecified atom stereocenters. The largest absolute Gasteiger partial charge is 0.497 e. The van der Waals surface area contributed by atoms with Crippen molar-refractivity contribution in [2.45, 2.75) is 31.4 Å². The molecule has 0 radical (unpaired) electrons. The highest BCUT2D eigenvalue weighted by Gasteiger charge is 2.50. The smallest absolute Gasteiger partial charge is 0.341 e. The zero-order valence-electron chi connectivity index (χ0n) is 10.5. The van der Waals surface area contributed by atoms with E-state index in [4.69, 9.17) is 9.84 Å². The van der Waals surface area contributed by atoms with Gasteiger partial charge in [0.25, 0.3) is 0 Å². The van der Waals surface area contributed by atoms with Crippen molar-refractivity contribution in [3.8, 4) is 5.75 Å². The number of methoxy groups -OCH3 is 1. The first kappa shape index (κ1) is 12.9. The summed E-state index contributed by atoms with van der Waals surface area (Å²) >= 11 is 0. The third kappa shape index (κ3) is 2.33. The molecule has 2 rings (SSSR count). The Morgan fingerprint density at radius 1 is 1.56 bits per heavy atom. The van der Waals surface area contributed by atoms with Gasteiger partial charge in [-0.15, -0.1) is 0 Å². The minimum Gasteiger partial charge on any atom is -0.497 e. The first-order chi connectivity index (χ1) is 8.46. The van der Waals surface area contributed by atoms with Crippen molar-refractivity contribution in [2.75, 3.05) is 7.11 Å². The fourth-order valence-electron chi connectivity index (χ4n) is 2.43. The maximum atomic E-state index is 14.4. The standard InChI is InChI=1S/C14H17FO3/c1-14(15,13(16)17)12(9-6-7-9)10-4-3-5-11(8-10)18-2/h3-5,8-9,12H,6-7H2,1-2H3,(H,16,17). The summed E-state index contributed by atoms with van der Waals surface area (Å²) in [5.74, 6) is -1.27. The molecule has 1 aliphatic carbocycles. The van der Waals surface area contributed by atoms with E-state index in [1.54, 1.807) is 24.3 Å². The minimum absolute atomic E-state index is 0.114. The summed E-state index contributed by atoms with van der Waals surface area (Å²) < 4.78 is 19.6. The molecule has 1 fully saturated rings. The molecule has 1 saturated carbocycles. The van der Waals surface area contributed by atoms with Gasteiger partial charge in [-0.1, -0.05) is 12.1 Å². The number of alkyl halides is 1. The highest BCUT2D eigenvalue weighted by molar-refractivity contribution is 5.78. The second kappa shape index (κ2) is 4.59. The first-order valence-corrected chi connectivity index (χ1v) is 6.03. The van der Waals surface area contributed by atoms with Crippen LogP contribution in [0.3, 0.4) is 0 Å². The maximum Gasteiger partial charge on any atom is 0.341 e. The number of hydrogen-bond acceptors (Lipinski definition) is 2. The van der Waals surface area contributed by atoms with E-state index in [1.807, 2.05) is 0 Å². The Hall–Kier alpha value is -1.58. The van der Waals surface area contributed by atoms with E-state index in [2.05, 4.69) is 0 Å². The van der Waals surface area contributed by atoms with Crippen molar-refractivity contribution in [3.63, 3.8) is 0 Å². The van der Waals surface area contributed by atoms with E-state index in [9.17, 15) is 9.18 Å². The van der Waals surface area contributed by atoms with Crippen molar-refractivity contribution in [1.82, 2.24) is 0 Å². The Morgan fingerprint density at radius 2 is 2.22 bits per heavy atom. The van der Waals surface area contributed by atoms with Gasteiger partial charge in [-0.2, -0.15) is 0 Å². The fourth-order valence-corrected chi connectivity index (χ4v) is 2.43. The fraction of sp³-hybridized carbons (Fsp3) is 0.500. The molecule has 0 aliphatic heterocycles. The van der Waals surface area contributed by atoms with E-state index in [0.29, 0.717) is 11.3 Å². The van der Waals surface area contributed by atoms with Crippen LogP contribution in [0.25, 0.3) is 0 Å². The summed E-state index contributed by atoms with van der Waals surface area (Å²) in [6.45, 7) is 1.15. The number of carbonyl (C=O) groups is 1. The van der Waals surface area contributed by atoms with Crippen LogP contribution in [0.4, 0.5) is 4.39 Å². The Bertz CT molecular complexity index is 452. The van der Waals surface area contributed by atoms with Crippen molar-refractivity contribution in [2.24, 2.45) is 5.92 Å². The van der Waals surface area contributed by atoms with Crippen LogP contribution in [-0.2, 0) is 4.79 Å². The summed E-state index contributed by atoms with van der Waals surface area (Å²) in [4.78, 5) is 11.1. The van der Waals surface area contributed by atoms with Crippen molar-refractivity contribution in [3.05, 3.63) is 29.8 Å². The predicted molar refractivity (Wildman–Crippen MR) is 65.6 cm³/mol. The number of ether oxygens (including phenoxy) is 1. The Kier molecular flexibility index (Phi) is 3.28. The number of carboxylic acid groups (broad SMARTS) is 1. The lowest BCUT2D eigenvalue weighted by atomic mass is 9.81. The second-order valence-electron chi connectivity index (χ2n) is 4.97. The van der Waals surface area contributed by atoms with Gasteiger partial charge >= 0.3 is 5.97 Å². The number of hydrogen-bond donors (Lipinski definition) is 1. The van der Waals surface area contributed by atoms with Gasteiger partial charge in [0.05, 0.1) is 7.11 Å². The van der Waals surface area contributed by atoms with E-state index >= 15 is 0 Å². The number of halogens is 1. The summed E-state index contributed by atoms with van der Waals surface area (Å²) in [5.41, 5.74) is -1.54. The molecule has 3 nitrogen and oxygen atoms in total. The van der Waals surface area contributed by atoms with Crippen LogP contribution in [0, 0.1) is 5.92 Å². The van der Waals surface area contributed by atoms with Crippen LogP contribution < -0.4 is 4.74 Å². The molecule has 1 aliphatic rings. The zero-order chi connectivity index (χ0) is 13.3. The molecule has 18 heavy (non-hydrogen) atoms. The molecule has 1 aromatic rings. The van der Waals surface area contributed by atoms with Gasteiger partial charge in [-0.3, -0.25) is 0 Å². The molecule has 0 amide bonds. The normalized spacial score (nSPS) is 19.9. The molecule has 0 heterocycles. The van der Waals surface area contributed by atoms with Crippen LogP contribution in [0.5, 0.6) is 5.75 Å². The van der Waals surface area contributed by atoms with E-state index in [1.165, 1.54) is 7.11 Å². The monoisotopic (exact) mass is 252 g/mol. The Morgan fingerprint density at radius 3 is 2.72 bits per heavy atom. The van der Waals surface area contributed by atoms with Crippen LogP contribution in [0.15, 0.2) is 24.3 Å². The van der Waals surface area contributed by atoms with Gasteiger partial charge in [0.1, 0.15) is 5.75 Å². The summed E-state index contributed by atoms with van der Waals surface area (Å²) in [6, 6.07) is 7.03. The number of aliphatic carboxylic acids is 1. The molecule has 0 bridgehead atoms. The van der Waals surface area contributed by atoms with Crippen molar-refractivity contribution in [1.29, 1.82) is 0 Å². The summed E-state index contributed by atoms with van der Waals surface area (Å²) in [7, 11) is 1.54. The van der Waals surface area contributed by atoms with Crippen LogP contribution in [-0.4, -0.2) is 23.9 Å². The quantitative estimate of drug-likeness (QED) is 0.876. The summed E-state index contributed by atoms with van der Waals surface area (Å²) in [6.07, 6.45) is 1.77. The second-order valence-corrected chi connectivity index (χ2v) is 4.97. The van der Waals surface area contributed by atoms with Gasteiger partial charge in [0.15, 0.2) is 0 Å². The van der Waals surface area contributed by atoms with E-state index in [0.717, 1.165) is 19.8 Å². The molecule has 2 atom stereocenters. The lowest BCUT2D eigenvalue weighted by Gasteiger charge is -2.27. The average Bonchev–Trinajstić information content (AvgIpc) is 3.13. The number of benzene rings is 1. The maximum absolute atomic E-state index is 14.4. The van der Waals surface area contributed by atoms with Crippen molar-refractivity contribution < 1.29 is 19.0 Å². The molecule has 98 valence electrons. The average molecular weight is 252 g/mol. The van der Waals surface area contributed by atoms with Gasteiger partial charge in [-0.05, 0) is 43.4 Å². The molecule has 0 saturated heterocycles. The molecule has 1 N–H and O–H groups in total. The lowest BCUT2D eigenvalue weighted by Crippen LogP contribution is -2.38. The Labute approximate surface area is 106 Å². The number of rotatable bonds is 5. The third-order valence-corrected chi connectivity index (χ3v) is 3.55. The molecule has 0 aromatic heterocycles. The van der Waals surface area contributed by atoms with Crippen molar-refractivity contribution >= 4 is 5.97 Å². The summed E-state index contributed by atoms with van der Waals surface area (Å²) in [5, 5.41) is 9.07. The molecule has 0 spiro atoms. The first-order valence-electron chi connectivity index (χ1n) is 6.03. The van der Waals surface area contributed by atoms with Gasteiger partial charge in [0.2, 0.25) is 5.67 Å². The predicted octanol–water partition coefficient (Wildman–Crippen LogP) is 3.00. The number of carboxylic acids is 1. The molecule has 1 aromatic carbocycles. The van der Waals surface area contributed by atoms with Gasteiger partial charge in [0, 0.05) is 5.92 Å². The van der Waals surface area contributed by atoms with Gasteiger partial charge < -0.3 is 9.84 Å². The lowest BCUT2D eigenvalue weighted by molar-refractivity contribution is -0.151. The van der Waals surface area contributed by atoms with Crippen LogP contribution >= 0.6 is 0 Å². The minimum atomic E-state index is -2.24. The molecular formula is C14H17FO3. The van der Waals surface area contributed by atoms with E-state index < -0.39 is 17.6 Å².